The van der Waals surface area contributed by atoms with Gasteiger partial charge in [0.25, 0.3) is 5.69 Å². The normalized spacial score (nSPS) is 15.1. The zero-order chi connectivity index (χ0) is 34.1. The highest BCUT2D eigenvalue weighted by molar-refractivity contribution is 6.00. The summed E-state index contributed by atoms with van der Waals surface area (Å²) in [5.74, 6) is -2.13. The highest BCUT2D eigenvalue weighted by Crippen LogP contribution is 2.40. The lowest BCUT2D eigenvalue weighted by Gasteiger charge is -2.31. The number of dihydropyridines is 1. The van der Waals surface area contributed by atoms with Crippen molar-refractivity contribution in [3.05, 3.63) is 134 Å². The molecule has 0 aliphatic carbocycles. The topological polar surface area (TPSA) is 124 Å². The van der Waals surface area contributed by atoms with Crippen LogP contribution in [0, 0.1) is 10.1 Å². The van der Waals surface area contributed by atoms with Crippen molar-refractivity contribution in [2.75, 3.05) is 26.7 Å². The molecule has 1 atom stereocenters. The molecule has 10 nitrogen and oxygen atoms in total. The van der Waals surface area contributed by atoms with Gasteiger partial charge in [0.05, 0.1) is 28.1 Å². The van der Waals surface area contributed by atoms with E-state index in [1.165, 1.54) is 29.3 Å². The van der Waals surface area contributed by atoms with Crippen molar-refractivity contribution in [2.24, 2.45) is 0 Å². The third kappa shape index (κ3) is 9.46. The number of nitro benzene ring substituents is 1. The van der Waals surface area contributed by atoms with Crippen molar-refractivity contribution in [3.8, 4) is 0 Å². The van der Waals surface area contributed by atoms with Gasteiger partial charge in [0.15, 0.2) is 0 Å². The Morgan fingerprint density at radius 3 is 2.36 bits per heavy atom. The second-order valence-corrected chi connectivity index (χ2v) is 12.1. The van der Waals surface area contributed by atoms with Crippen LogP contribution >= 0.6 is 0 Å². The van der Waals surface area contributed by atoms with E-state index in [4.69, 9.17) is 9.47 Å². The number of allylic oxidation sites excluding steroid dienone is 2. The average Bonchev–Trinajstić information content (AvgIpc) is 3.01. The maximum atomic E-state index is 13.6. The molecule has 10 heteroatoms. The Labute approximate surface area is 276 Å². The number of hydrogen-bond acceptors (Lipinski definition) is 9. The van der Waals surface area contributed by atoms with Gasteiger partial charge in [-0.3, -0.25) is 20.0 Å². The first kappa shape index (κ1) is 34.8. The molecule has 0 fully saturated rings. The standard InChI is InChI=1S/C37H42N4O6/c1-24(2)47-37(43)34-27(5)39-26(4)33(35(34)31-10-7-11-32(21-31)41(44)45)36(42)46-18-17-40(6)23-25(3)19-28-12-14-29(15-13-28)20-30-9-8-16-38-22-30/h7-16,19,21-22,24,35,39H,17-18,20,23H2,1-6H3/b25-19+. The molecule has 1 aromatic heterocycles. The minimum absolute atomic E-state index is 0.110. The van der Waals surface area contributed by atoms with Crippen molar-refractivity contribution in [1.29, 1.82) is 0 Å². The minimum atomic E-state index is -0.909. The lowest BCUT2D eigenvalue weighted by Crippen LogP contribution is -2.34. The summed E-state index contributed by atoms with van der Waals surface area (Å²) in [7, 11) is 1.95. The Morgan fingerprint density at radius 1 is 1.02 bits per heavy atom. The fraction of sp³-hybridized carbons (Fsp3) is 0.324. The molecule has 0 saturated carbocycles. The van der Waals surface area contributed by atoms with Gasteiger partial charge >= 0.3 is 11.9 Å². The highest BCUT2D eigenvalue weighted by atomic mass is 16.6. The average molecular weight is 639 g/mol. The summed E-state index contributed by atoms with van der Waals surface area (Å²) >= 11 is 0. The van der Waals surface area contributed by atoms with E-state index in [0.29, 0.717) is 30.0 Å². The number of carbonyl (C=O) groups excluding carboxylic acids is 2. The Bertz CT molecular complexity index is 1690. The summed E-state index contributed by atoms with van der Waals surface area (Å²) in [6.45, 7) is 10.2. The molecule has 47 heavy (non-hydrogen) atoms. The fourth-order valence-electron chi connectivity index (χ4n) is 5.64. The largest absolute Gasteiger partial charge is 0.461 e. The number of aromatic nitrogens is 1. The van der Waals surface area contributed by atoms with Gasteiger partial charge in [-0.1, -0.05) is 54.1 Å². The molecule has 1 N–H and O–H groups in total. The van der Waals surface area contributed by atoms with Crippen molar-refractivity contribution >= 4 is 23.7 Å². The van der Waals surface area contributed by atoms with Crippen molar-refractivity contribution in [1.82, 2.24) is 15.2 Å². The zero-order valence-electron chi connectivity index (χ0n) is 27.8. The number of nitrogens with one attached hydrogen (secondary N) is 1. The highest BCUT2D eigenvalue weighted by Gasteiger charge is 2.38. The third-order valence-electron chi connectivity index (χ3n) is 7.71. The Morgan fingerprint density at radius 2 is 1.72 bits per heavy atom. The van der Waals surface area contributed by atoms with Crippen LogP contribution in [0.1, 0.15) is 62.8 Å². The first-order chi connectivity index (χ1) is 22.4. The monoisotopic (exact) mass is 638 g/mol. The maximum absolute atomic E-state index is 13.6. The van der Waals surface area contributed by atoms with Gasteiger partial charge in [-0.05, 0) is 76.4 Å². The summed E-state index contributed by atoms with van der Waals surface area (Å²) in [5.41, 5.74) is 6.33. The molecule has 2 heterocycles. The first-order valence-corrected chi connectivity index (χ1v) is 15.6. The number of nitro groups is 1. The Hall–Kier alpha value is -5.09. The van der Waals surface area contributed by atoms with Crippen molar-refractivity contribution in [2.45, 2.75) is 53.1 Å². The number of likely N-dealkylation sites (N-methyl/N-ethyl adjacent to an activating group) is 1. The number of rotatable bonds is 13. The van der Waals surface area contributed by atoms with E-state index < -0.39 is 28.9 Å². The number of non-ortho nitro benzene ring substituents is 1. The maximum Gasteiger partial charge on any atom is 0.337 e. The van der Waals surface area contributed by atoms with Gasteiger partial charge in [0, 0.05) is 49.0 Å². The second kappa shape index (κ2) is 16.0. The molecular weight excluding hydrogens is 596 g/mol. The molecule has 1 aliphatic heterocycles. The van der Waals surface area contributed by atoms with E-state index in [-0.39, 0.29) is 23.4 Å². The molecule has 0 saturated heterocycles. The molecule has 1 unspecified atom stereocenters. The number of carbonyl (C=O) groups is 2. The zero-order valence-corrected chi connectivity index (χ0v) is 27.8. The van der Waals surface area contributed by atoms with E-state index in [1.54, 1.807) is 40.0 Å². The van der Waals surface area contributed by atoms with Gasteiger partial charge in [-0.15, -0.1) is 0 Å². The molecule has 2 aromatic carbocycles. The SMILES string of the molecule is CC1=C(C(=O)OCCN(C)C/C(C)=C/c2ccc(Cc3cccnc3)cc2)C(c2cccc([N+](=O)[O-])c2)C(C(=O)OC(C)C)=C(C)N1. The summed E-state index contributed by atoms with van der Waals surface area (Å²) in [5, 5.41) is 14.7. The molecule has 0 bridgehead atoms. The van der Waals surface area contributed by atoms with Crippen LogP contribution in [0.2, 0.25) is 0 Å². The second-order valence-electron chi connectivity index (χ2n) is 12.1. The first-order valence-electron chi connectivity index (χ1n) is 15.6. The van der Waals surface area contributed by atoms with Crippen LogP contribution in [0.3, 0.4) is 0 Å². The lowest BCUT2D eigenvalue weighted by atomic mass is 9.80. The summed E-state index contributed by atoms with van der Waals surface area (Å²) < 4.78 is 11.3. The molecule has 0 spiro atoms. The molecule has 0 radical (unpaired) electrons. The quantitative estimate of drug-likeness (QED) is 0.130. The predicted octanol–water partition coefficient (Wildman–Crippen LogP) is 6.35. The van der Waals surface area contributed by atoms with Crippen LogP contribution < -0.4 is 5.32 Å². The van der Waals surface area contributed by atoms with E-state index in [9.17, 15) is 19.7 Å². The number of ether oxygens (including phenoxy) is 2. The molecule has 4 rings (SSSR count). The van der Waals surface area contributed by atoms with Crippen molar-refractivity contribution < 1.29 is 24.0 Å². The van der Waals surface area contributed by atoms with Crippen LogP contribution in [0.15, 0.2) is 101 Å². The van der Waals surface area contributed by atoms with Gasteiger partial charge in [0.2, 0.25) is 0 Å². The molecular formula is C37H42N4O6. The number of esters is 2. The molecule has 246 valence electrons. The lowest BCUT2D eigenvalue weighted by molar-refractivity contribution is -0.384. The molecule has 1 aliphatic rings. The smallest absolute Gasteiger partial charge is 0.337 e. The number of hydrogen-bond donors (Lipinski definition) is 1. The van der Waals surface area contributed by atoms with Crippen LogP contribution in [0.25, 0.3) is 6.08 Å². The van der Waals surface area contributed by atoms with Crippen LogP contribution in [0.4, 0.5) is 5.69 Å². The number of nitrogens with zero attached hydrogens (tertiary/aromatic N) is 3. The van der Waals surface area contributed by atoms with E-state index >= 15 is 0 Å². The van der Waals surface area contributed by atoms with Gasteiger partial charge in [-0.2, -0.15) is 0 Å². The Balaban J connectivity index is 1.42. The van der Waals surface area contributed by atoms with Crippen LogP contribution in [-0.2, 0) is 25.5 Å². The summed E-state index contributed by atoms with van der Waals surface area (Å²) in [6.07, 6.45) is 6.21. The summed E-state index contributed by atoms with van der Waals surface area (Å²) in [4.78, 5) is 44.2. The van der Waals surface area contributed by atoms with Crippen molar-refractivity contribution in [3.63, 3.8) is 0 Å². The van der Waals surface area contributed by atoms with E-state index in [2.05, 4.69) is 58.5 Å². The molecule has 3 aromatic rings. The number of benzene rings is 2. The summed E-state index contributed by atoms with van der Waals surface area (Å²) in [6, 6.07) is 18.4. The van der Waals surface area contributed by atoms with Gasteiger partial charge in [0.1, 0.15) is 6.61 Å². The Kier molecular flexibility index (Phi) is 11.8. The van der Waals surface area contributed by atoms with E-state index in [0.717, 1.165) is 17.6 Å². The van der Waals surface area contributed by atoms with Crippen LogP contribution in [0.5, 0.6) is 0 Å². The van der Waals surface area contributed by atoms with Gasteiger partial charge in [-0.25, -0.2) is 9.59 Å². The van der Waals surface area contributed by atoms with Gasteiger partial charge < -0.3 is 14.8 Å². The number of pyridine rings is 1. The molecule has 0 amide bonds. The van der Waals surface area contributed by atoms with Crippen LogP contribution in [-0.4, -0.2) is 59.6 Å². The fourth-order valence-corrected chi connectivity index (χ4v) is 5.64. The third-order valence-corrected chi connectivity index (χ3v) is 7.71. The van der Waals surface area contributed by atoms with E-state index in [1.807, 2.05) is 19.3 Å². The predicted molar refractivity (Wildman–Crippen MR) is 181 cm³/mol. The minimum Gasteiger partial charge on any atom is -0.461 e.